The standard InChI is InChI=1S/C11H19NO2/c1-8-2-4-9(5-3-8)12-7-10(13)6-11(12)14/h8-10,13H,2-7H2,1H3. The van der Waals surface area contributed by atoms with E-state index in [1.54, 1.807) is 0 Å². The van der Waals surface area contributed by atoms with E-state index in [0.29, 0.717) is 19.0 Å². The van der Waals surface area contributed by atoms with Crippen LogP contribution < -0.4 is 0 Å². The van der Waals surface area contributed by atoms with Crippen molar-refractivity contribution in [2.75, 3.05) is 6.54 Å². The van der Waals surface area contributed by atoms with Crippen LogP contribution in [0.4, 0.5) is 0 Å². The number of nitrogens with zero attached hydrogens (tertiary/aromatic N) is 1. The lowest BCUT2D eigenvalue weighted by molar-refractivity contribution is -0.130. The van der Waals surface area contributed by atoms with Crippen LogP contribution in [0.2, 0.25) is 0 Å². The fraction of sp³-hybridized carbons (Fsp3) is 0.909. The number of aliphatic hydroxyl groups is 1. The van der Waals surface area contributed by atoms with E-state index in [1.165, 1.54) is 12.8 Å². The van der Waals surface area contributed by atoms with Gasteiger partial charge in [-0.1, -0.05) is 6.92 Å². The first-order chi connectivity index (χ1) is 6.66. The Morgan fingerprint density at radius 3 is 2.43 bits per heavy atom. The van der Waals surface area contributed by atoms with Crippen molar-refractivity contribution in [2.24, 2.45) is 5.92 Å². The van der Waals surface area contributed by atoms with Crippen LogP contribution in [0.25, 0.3) is 0 Å². The molecule has 1 N–H and O–H groups in total. The summed E-state index contributed by atoms with van der Waals surface area (Å²) in [4.78, 5) is 13.4. The normalized spacial score (nSPS) is 39.1. The van der Waals surface area contributed by atoms with Crippen LogP contribution in [0.5, 0.6) is 0 Å². The molecule has 1 amide bonds. The van der Waals surface area contributed by atoms with Gasteiger partial charge in [0.05, 0.1) is 12.5 Å². The number of aliphatic hydroxyl groups excluding tert-OH is 1. The molecule has 1 unspecified atom stereocenters. The molecule has 3 nitrogen and oxygen atoms in total. The van der Waals surface area contributed by atoms with Gasteiger partial charge in [-0.05, 0) is 31.6 Å². The summed E-state index contributed by atoms with van der Waals surface area (Å²) in [6.07, 6.45) is 4.63. The van der Waals surface area contributed by atoms with Gasteiger partial charge < -0.3 is 10.0 Å². The molecular formula is C11H19NO2. The summed E-state index contributed by atoms with van der Waals surface area (Å²) in [5.74, 6) is 0.964. The average molecular weight is 197 g/mol. The van der Waals surface area contributed by atoms with Crippen LogP contribution in [0.3, 0.4) is 0 Å². The van der Waals surface area contributed by atoms with Crippen molar-refractivity contribution in [2.45, 2.75) is 51.2 Å². The second-order valence-electron chi connectivity index (χ2n) is 4.82. The van der Waals surface area contributed by atoms with Gasteiger partial charge in [0.1, 0.15) is 0 Å². The number of rotatable bonds is 1. The highest BCUT2D eigenvalue weighted by Gasteiger charge is 2.34. The third kappa shape index (κ3) is 1.92. The van der Waals surface area contributed by atoms with Crippen LogP contribution in [0.1, 0.15) is 39.0 Å². The number of β-amino-alcohol motifs (C(OH)–C–C–N with tert-alkyl or cyclic N) is 1. The maximum Gasteiger partial charge on any atom is 0.225 e. The van der Waals surface area contributed by atoms with E-state index in [4.69, 9.17) is 0 Å². The fourth-order valence-electron chi connectivity index (χ4n) is 2.62. The number of carbonyl (C=O) groups is 1. The SMILES string of the molecule is CC1CCC(N2CC(O)CC2=O)CC1. The molecule has 2 rings (SSSR count). The quantitative estimate of drug-likeness (QED) is 0.685. The van der Waals surface area contributed by atoms with E-state index in [9.17, 15) is 9.90 Å². The highest BCUT2D eigenvalue weighted by Crippen LogP contribution is 2.29. The van der Waals surface area contributed by atoms with E-state index in [1.807, 2.05) is 4.90 Å². The van der Waals surface area contributed by atoms with Crippen LogP contribution in [-0.4, -0.2) is 34.6 Å². The molecule has 1 heterocycles. The summed E-state index contributed by atoms with van der Waals surface area (Å²) in [6, 6.07) is 0.413. The third-order valence-corrected chi connectivity index (χ3v) is 3.56. The average Bonchev–Trinajstić information content (AvgIpc) is 2.47. The molecule has 0 bridgehead atoms. The molecule has 0 radical (unpaired) electrons. The summed E-state index contributed by atoms with van der Waals surface area (Å²) >= 11 is 0. The maximum absolute atomic E-state index is 11.5. The van der Waals surface area contributed by atoms with Gasteiger partial charge >= 0.3 is 0 Å². The number of amides is 1. The van der Waals surface area contributed by atoms with E-state index in [0.717, 1.165) is 18.8 Å². The van der Waals surface area contributed by atoms with Gasteiger partial charge in [-0.3, -0.25) is 4.79 Å². The molecule has 3 heteroatoms. The van der Waals surface area contributed by atoms with Crippen LogP contribution >= 0.6 is 0 Å². The zero-order valence-electron chi connectivity index (χ0n) is 8.78. The Kier molecular flexibility index (Phi) is 2.77. The predicted molar refractivity (Wildman–Crippen MR) is 53.8 cm³/mol. The molecule has 1 atom stereocenters. The third-order valence-electron chi connectivity index (χ3n) is 3.56. The van der Waals surface area contributed by atoms with Gasteiger partial charge in [0.2, 0.25) is 5.91 Å². The molecule has 2 fully saturated rings. The van der Waals surface area contributed by atoms with Crippen molar-refractivity contribution in [3.8, 4) is 0 Å². The minimum absolute atomic E-state index is 0.150. The first-order valence-corrected chi connectivity index (χ1v) is 5.64. The van der Waals surface area contributed by atoms with E-state index in [-0.39, 0.29) is 5.91 Å². The molecule has 0 aromatic carbocycles. The van der Waals surface area contributed by atoms with Gasteiger partial charge in [0.15, 0.2) is 0 Å². The molecule has 0 aromatic heterocycles. The molecular weight excluding hydrogens is 178 g/mol. The maximum atomic E-state index is 11.5. The van der Waals surface area contributed by atoms with Gasteiger partial charge in [0.25, 0.3) is 0 Å². The van der Waals surface area contributed by atoms with E-state index >= 15 is 0 Å². The molecule has 2 aliphatic rings. The highest BCUT2D eigenvalue weighted by atomic mass is 16.3. The second kappa shape index (κ2) is 3.89. The Hall–Kier alpha value is -0.570. The minimum Gasteiger partial charge on any atom is -0.391 e. The highest BCUT2D eigenvalue weighted by molar-refractivity contribution is 5.79. The number of carbonyl (C=O) groups excluding carboxylic acids is 1. The lowest BCUT2D eigenvalue weighted by atomic mass is 9.87. The lowest BCUT2D eigenvalue weighted by Gasteiger charge is -2.33. The van der Waals surface area contributed by atoms with Crippen LogP contribution in [0.15, 0.2) is 0 Å². The van der Waals surface area contributed by atoms with Crippen molar-refractivity contribution in [1.29, 1.82) is 0 Å². The zero-order valence-corrected chi connectivity index (χ0v) is 8.78. The molecule has 1 aliphatic carbocycles. The number of hydrogen-bond donors (Lipinski definition) is 1. The topological polar surface area (TPSA) is 40.5 Å². The van der Waals surface area contributed by atoms with Crippen molar-refractivity contribution < 1.29 is 9.90 Å². The lowest BCUT2D eigenvalue weighted by Crippen LogP contribution is -2.39. The smallest absolute Gasteiger partial charge is 0.225 e. The van der Waals surface area contributed by atoms with Gasteiger partial charge in [0, 0.05) is 12.6 Å². The largest absolute Gasteiger partial charge is 0.391 e. The summed E-state index contributed by atoms with van der Waals surface area (Å²) in [5, 5.41) is 9.39. The summed E-state index contributed by atoms with van der Waals surface area (Å²) < 4.78 is 0. The van der Waals surface area contributed by atoms with Crippen molar-refractivity contribution in [1.82, 2.24) is 4.90 Å². The second-order valence-corrected chi connectivity index (χ2v) is 4.82. The number of likely N-dealkylation sites (tertiary alicyclic amines) is 1. The van der Waals surface area contributed by atoms with E-state index in [2.05, 4.69) is 6.92 Å². The molecule has 0 aromatic rings. The molecule has 0 spiro atoms. The first kappa shape index (κ1) is 9.97. The monoisotopic (exact) mass is 197 g/mol. The summed E-state index contributed by atoms with van der Waals surface area (Å²) in [6.45, 7) is 2.84. The van der Waals surface area contributed by atoms with Crippen molar-refractivity contribution in [3.05, 3.63) is 0 Å². The van der Waals surface area contributed by atoms with Crippen LogP contribution in [0, 0.1) is 5.92 Å². The molecule has 1 aliphatic heterocycles. The molecule has 1 saturated carbocycles. The summed E-state index contributed by atoms with van der Waals surface area (Å²) in [7, 11) is 0. The fourth-order valence-corrected chi connectivity index (χ4v) is 2.62. The molecule has 14 heavy (non-hydrogen) atoms. The Balaban J connectivity index is 1.92. The molecule has 80 valence electrons. The molecule has 1 saturated heterocycles. The summed E-state index contributed by atoms with van der Waals surface area (Å²) in [5.41, 5.74) is 0. The van der Waals surface area contributed by atoms with Gasteiger partial charge in [-0.25, -0.2) is 0 Å². The Bertz CT molecular complexity index is 221. The van der Waals surface area contributed by atoms with Gasteiger partial charge in [-0.15, -0.1) is 0 Å². The number of hydrogen-bond acceptors (Lipinski definition) is 2. The Morgan fingerprint density at radius 1 is 1.29 bits per heavy atom. The van der Waals surface area contributed by atoms with Gasteiger partial charge in [-0.2, -0.15) is 0 Å². The van der Waals surface area contributed by atoms with Crippen molar-refractivity contribution in [3.63, 3.8) is 0 Å². The minimum atomic E-state index is -0.415. The van der Waals surface area contributed by atoms with Crippen LogP contribution in [-0.2, 0) is 4.79 Å². The first-order valence-electron chi connectivity index (χ1n) is 5.64. The van der Waals surface area contributed by atoms with Crippen molar-refractivity contribution >= 4 is 5.91 Å². The van der Waals surface area contributed by atoms with E-state index < -0.39 is 6.10 Å². The Morgan fingerprint density at radius 2 is 1.93 bits per heavy atom. The zero-order chi connectivity index (χ0) is 10.1. The Labute approximate surface area is 85.1 Å². The predicted octanol–water partition coefficient (Wildman–Crippen LogP) is 1.16.